The minimum Gasteiger partial charge on any atom is -0.469 e. The molecule has 0 aromatic rings. The molecule has 0 radical (unpaired) electrons. The number of hydrogen-bond acceptors (Lipinski definition) is 3. The molecule has 0 aliphatic heterocycles. The van der Waals surface area contributed by atoms with E-state index >= 15 is 0 Å². The SMILES string of the molecule is COC(=O)CC(CO)CC(C)C. The first-order chi connectivity index (χ1) is 5.60. The van der Waals surface area contributed by atoms with Crippen molar-refractivity contribution in [1.29, 1.82) is 0 Å². The van der Waals surface area contributed by atoms with Crippen molar-refractivity contribution >= 4 is 5.97 Å². The van der Waals surface area contributed by atoms with Crippen LogP contribution in [0.1, 0.15) is 26.7 Å². The third-order valence-corrected chi connectivity index (χ3v) is 1.75. The van der Waals surface area contributed by atoms with Crippen LogP contribution in [0.5, 0.6) is 0 Å². The van der Waals surface area contributed by atoms with Gasteiger partial charge in [-0.25, -0.2) is 0 Å². The number of aliphatic hydroxyl groups excluding tert-OH is 1. The summed E-state index contributed by atoms with van der Waals surface area (Å²) in [5.41, 5.74) is 0. The fourth-order valence-electron chi connectivity index (χ4n) is 1.21. The zero-order valence-electron chi connectivity index (χ0n) is 8.04. The number of carbonyl (C=O) groups excluding carboxylic acids is 1. The van der Waals surface area contributed by atoms with Crippen molar-refractivity contribution in [3.8, 4) is 0 Å². The van der Waals surface area contributed by atoms with Gasteiger partial charge in [0.2, 0.25) is 0 Å². The first kappa shape index (κ1) is 11.4. The van der Waals surface area contributed by atoms with E-state index in [1.165, 1.54) is 7.11 Å². The molecule has 0 saturated heterocycles. The summed E-state index contributed by atoms with van der Waals surface area (Å²) in [7, 11) is 1.37. The molecule has 0 aromatic carbocycles. The number of ether oxygens (including phenoxy) is 1. The summed E-state index contributed by atoms with van der Waals surface area (Å²) in [5.74, 6) is 0.318. The van der Waals surface area contributed by atoms with Gasteiger partial charge in [0, 0.05) is 6.61 Å². The highest BCUT2D eigenvalue weighted by molar-refractivity contribution is 5.69. The topological polar surface area (TPSA) is 46.5 Å². The summed E-state index contributed by atoms with van der Waals surface area (Å²) in [6.07, 6.45) is 1.19. The Labute approximate surface area is 73.7 Å². The Kier molecular flexibility index (Phi) is 5.72. The molecule has 0 rings (SSSR count). The second-order valence-electron chi connectivity index (χ2n) is 3.46. The molecule has 0 spiro atoms. The molecule has 0 heterocycles. The normalized spacial score (nSPS) is 13.1. The van der Waals surface area contributed by atoms with Gasteiger partial charge >= 0.3 is 5.97 Å². The van der Waals surface area contributed by atoms with Gasteiger partial charge in [-0.15, -0.1) is 0 Å². The van der Waals surface area contributed by atoms with Crippen LogP contribution in [-0.2, 0) is 9.53 Å². The number of rotatable bonds is 5. The van der Waals surface area contributed by atoms with Crippen LogP contribution in [0.4, 0.5) is 0 Å². The number of methoxy groups -OCH3 is 1. The lowest BCUT2D eigenvalue weighted by Crippen LogP contribution is -2.15. The van der Waals surface area contributed by atoms with Gasteiger partial charge in [-0.3, -0.25) is 4.79 Å². The average molecular weight is 174 g/mol. The first-order valence-corrected chi connectivity index (χ1v) is 4.27. The zero-order chi connectivity index (χ0) is 9.56. The molecule has 3 nitrogen and oxygen atoms in total. The number of hydrogen-bond donors (Lipinski definition) is 1. The minimum absolute atomic E-state index is 0.0532. The molecule has 1 unspecified atom stereocenters. The first-order valence-electron chi connectivity index (χ1n) is 4.27. The van der Waals surface area contributed by atoms with Gasteiger partial charge in [-0.05, 0) is 18.3 Å². The molecule has 1 N–H and O–H groups in total. The molecular weight excluding hydrogens is 156 g/mol. The van der Waals surface area contributed by atoms with E-state index in [9.17, 15) is 4.79 Å². The Morgan fingerprint density at radius 1 is 1.50 bits per heavy atom. The van der Waals surface area contributed by atoms with Crippen molar-refractivity contribution < 1.29 is 14.6 Å². The summed E-state index contributed by atoms with van der Waals surface area (Å²) in [6.45, 7) is 4.20. The van der Waals surface area contributed by atoms with Crippen LogP contribution in [0.2, 0.25) is 0 Å². The highest BCUT2D eigenvalue weighted by Crippen LogP contribution is 2.14. The molecule has 0 fully saturated rings. The second-order valence-corrected chi connectivity index (χ2v) is 3.46. The van der Waals surface area contributed by atoms with Crippen LogP contribution >= 0.6 is 0 Å². The lowest BCUT2D eigenvalue weighted by Gasteiger charge is -2.14. The summed E-state index contributed by atoms with van der Waals surface area (Å²) in [6, 6.07) is 0. The zero-order valence-corrected chi connectivity index (χ0v) is 8.04. The van der Waals surface area contributed by atoms with E-state index in [1.54, 1.807) is 0 Å². The molecular formula is C9H18O3. The van der Waals surface area contributed by atoms with Gasteiger partial charge in [0.15, 0.2) is 0 Å². The molecule has 1 atom stereocenters. The Morgan fingerprint density at radius 3 is 2.42 bits per heavy atom. The predicted octanol–water partition coefficient (Wildman–Crippen LogP) is 1.20. The van der Waals surface area contributed by atoms with Gasteiger partial charge in [-0.2, -0.15) is 0 Å². The van der Waals surface area contributed by atoms with Crippen molar-refractivity contribution in [3.63, 3.8) is 0 Å². The van der Waals surface area contributed by atoms with Gasteiger partial charge in [0.05, 0.1) is 13.5 Å². The summed E-state index contributed by atoms with van der Waals surface area (Å²) in [4.78, 5) is 10.8. The van der Waals surface area contributed by atoms with Crippen molar-refractivity contribution in [2.24, 2.45) is 11.8 Å². The van der Waals surface area contributed by atoms with Gasteiger partial charge < -0.3 is 9.84 Å². The summed E-state index contributed by atoms with van der Waals surface area (Å²) in [5, 5.41) is 8.91. The van der Waals surface area contributed by atoms with Crippen LogP contribution in [0.3, 0.4) is 0 Å². The van der Waals surface area contributed by atoms with Gasteiger partial charge in [0.25, 0.3) is 0 Å². The third kappa shape index (κ3) is 5.13. The fraction of sp³-hybridized carbons (Fsp3) is 0.889. The largest absolute Gasteiger partial charge is 0.469 e. The van der Waals surface area contributed by atoms with E-state index in [0.717, 1.165) is 6.42 Å². The maximum Gasteiger partial charge on any atom is 0.305 e. The summed E-state index contributed by atoms with van der Waals surface area (Å²) < 4.78 is 4.51. The average Bonchev–Trinajstić information content (AvgIpc) is 2.02. The molecule has 0 amide bonds. The maximum atomic E-state index is 10.8. The van der Waals surface area contributed by atoms with Crippen LogP contribution < -0.4 is 0 Å². The Bertz CT molecular complexity index is 132. The van der Waals surface area contributed by atoms with E-state index in [1.807, 2.05) is 0 Å². The number of esters is 1. The third-order valence-electron chi connectivity index (χ3n) is 1.75. The Balaban J connectivity index is 3.74. The van der Waals surface area contributed by atoms with Crippen molar-refractivity contribution in [2.75, 3.05) is 13.7 Å². The molecule has 0 bridgehead atoms. The molecule has 0 aliphatic rings. The maximum absolute atomic E-state index is 10.8. The Hall–Kier alpha value is -0.570. The quantitative estimate of drug-likeness (QED) is 0.637. The van der Waals surface area contributed by atoms with Crippen LogP contribution in [0.15, 0.2) is 0 Å². The standard InChI is InChI=1S/C9H18O3/c1-7(2)4-8(6-10)5-9(11)12-3/h7-8,10H,4-6H2,1-3H3. The predicted molar refractivity (Wildman–Crippen MR) is 46.7 cm³/mol. The molecule has 0 saturated carbocycles. The lowest BCUT2D eigenvalue weighted by atomic mass is 9.95. The summed E-state index contributed by atoms with van der Waals surface area (Å²) >= 11 is 0. The highest BCUT2D eigenvalue weighted by Gasteiger charge is 2.14. The molecule has 0 aromatic heterocycles. The Morgan fingerprint density at radius 2 is 2.08 bits per heavy atom. The van der Waals surface area contributed by atoms with Crippen molar-refractivity contribution in [3.05, 3.63) is 0 Å². The van der Waals surface area contributed by atoms with Gasteiger partial charge in [-0.1, -0.05) is 13.8 Å². The molecule has 0 aliphatic carbocycles. The second kappa shape index (κ2) is 6.00. The fourth-order valence-corrected chi connectivity index (χ4v) is 1.21. The highest BCUT2D eigenvalue weighted by atomic mass is 16.5. The van der Waals surface area contributed by atoms with E-state index < -0.39 is 0 Å². The van der Waals surface area contributed by atoms with Crippen LogP contribution in [0.25, 0.3) is 0 Å². The van der Waals surface area contributed by atoms with Crippen LogP contribution in [0, 0.1) is 11.8 Å². The molecule has 12 heavy (non-hydrogen) atoms. The van der Waals surface area contributed by atoms with Crippen molar-refractivity contribution in [1.82, 2.24) is 0 Å². The molecule has 72 valence electrons. The van der Waals surface area contributed by atoms with E-state index in [2.05, 4.69) is 18.6 Å². The van der Waals surface area contributed by atoms with E-state index in [4.69, 9.17) is 5.11 Å². The van der Waals surface area contributed by atoms with E-state index in [0.29, 0.717) is 12.3 Å². The smallest absolute Gasteiger partial charge is 0.305 e. The lowest BCUT2D eigenvalue weighted by molar-refractivity contribution is -0.142. The van der Waals surface area contributed by atoms with Gasteiger partial charge in [0.1, 0.15) is 0 Å². The molecule has 3 heteroatoms. The van der Waals surface area contributed by atoms with Crippen LogP contribution in [-0.4, -0.2) is 24.8 Å². The monoisotopic (exact) mass is 174 g/mol. The number of aliphatic hydroxyl groups is 1. The number of carbonyl (C=O) groups is 1. The minimum atomic E-state index is -0.241. The van der Waals surface area contributed by atoms with Crippen molar-refractivity contribution in [2.45, 2.75) is 26.7 Å². The van der Waals surface area contributed by atoms with E-state index in [-0.39, 0.29) is 18.5 Å².